The lowest BCUT2D eigenvalue weighted by molar-refractivity contribution is 0.397. The Morgan fingerprint density at radius 2 is 2.14 bits per heavy atom. The van der Waals surface area contributed by atoms with E-state index in [9.17, 15) is 0 Å². The molecule has 0 aliphatic heterocycles. The number of ether oxygens (including phenoxy) is 1. The molecule has 0 radical (unpaired) electrons. The molecular weight excluding hydrogens is 174 g/mol. The normalized spacial score (nSPS) is 14.1. The summed E-state index contributed by atoms with van der Waals surface area (Å²) < 4.78 is 5.13. The Kier molecular flexibility index (Phi) is 2.28. The highest BCUT2D eigenvalue weighted by Gasteiger charge is 2.18. The largest absolute Gasteiger partial charge is 0.481 e. The zero-order valence-electron chi connectivity index (χ0n) is 8.87. The first kappa shape index (κ1) is 9.25. The fraction of sp³-hybridized carbons (Fsp3) is 0.417. The van der Waals surface area contributed by atoms with Crippen molar-refractivity contribution in [1.82, 2.24) is 4.98 Å². The van der Waals surface area contributed by atoms with Crippen LogP contribution in [0.5, 0.6) is 5.88 Å². The number of nitrogens with zero attached hydrogens (tertiary/aromatic N) is 1. The third-order valence-corrected chi connectivity index (χ3v) is 2.60. The molecule has 2 nitrogen and oxygen atoms in total. The van der Waals surface area contributed by atoms with Crippen molar-refractivity contribution in [3.05, 3.63) is 29.5 Å². The quantitative estimate of drug-likeness (QED) is 0.713. The second-order valence-electron chi connectivity index (χ2n) is 3.88. The van der Waals surface area contributed by atoms with Crippen LogP contribution in [0.3, 0.4) is 0 Å². The number of hydrogen-bond acceptors (Lipinski definition) is 2. The molecule has 1 aliphatic carbocycles. The molecule has 74 valence electrons. The number of hydrogen-bond donors (Lipinski definition) is 0. The molecule has 0 unspecified atom stereocenters. The van der Waals surface area contributed by atoms with Gasteiger partial charge >= 0.3 is 0 Å². The molecule has 0 bridgehead atoms. The molecule has 1 aliphatic rings. The van der Waals surface area contributed by atoms with Crippen LogP contribution in [0.2, 0.25) is 0 Å². The van der Waals surface area contributed by atoms with Crippen LogP contribution in [0.15, 0.2) is 18.2 Å². The maximum absolute atomic E-state index is 5.13. The minimum absolute atomic E-state index is 0.538. The van der Waals surface area contributed by atoms with Crippen LogP contribution in [-0.4, -0.2) is 12.1 Å². The van der Waals surface area contributed by atoms with Gasteiger partial charge in [0, 0.05) is 6.07 Å². The highest BCUT2D eigenvalue weighted by molar-refractivity contribution is 5.71. The van der Waals surface area contributed by atoms with Crippen molar-refractivity contribution in [3.8, 4) is 5.88 Å². The zero-order chi connectivity index (χ0) is 10.1. The van der Waals surface area contributed by atoms with Gasteiger partial charge in [-0.15, -0.1) is 0 Å². The summed E-state index contributed by atoms with van der Waals surface area (Å²) in [5, 5.41) is 0. The molecule has 2 rings (SSSR count). The van der Waals surface area contributed by atoms with Crippen LogP contribution in [0.1, 0.15) is 25.1 Å². The van der Waals surface area contributed by atoms with E-state index >= 15 is 0 Å². The van der Waals surface area contributed by atoms with E-state index in [2.05, 4.69) is 31.0 Å². The fourth-order valence-corrected chi connectivity index (χ4v) is 1.82. The second-order valence-corrected chi connectivity index (χ2v) is 3.88. The van der Waals surface area contributed by atoms with Crippen molar-refractivity contribution in [2.75, 3.05) is 7.11 Å². The summed E-state index contributed by atoms with van der Waals surface area (Å²) in [4.78, 5) is 4.48. The molecule has 0 spiro atoms. The molecule has 0 saturated carbocycles. The molecule has 1 aromatic heterocycles. The molecule has 0 fully saturated rings. The van der Waals surface area contributed by atoms with Crippen LogP contribution in [0.4, 0.5) is 0 Å². The average Bonchev–Trinajstić information content (AvgIpc) is 2.59. The summed E-state index contributed by atoms with van der Waals surface area (Å²) in [5.41, 5.74) is 3.78. The standard InChI is InChI=1S/C12H15NO/c1-8(2)10-6-4-9-5-7-11(14-3)13-12(9)10/h5-8H,4H2,1-3H3. The maximum atomic E-state index is 5.13. The minimum atomic E-state index is 0.538. The van der Waals surface area contributed by atoms with E-state index in [1.54, 1.807) is 7.11 Å². The Bertz CT molecular complexity index is 380. The Balaban J connectivity index is 2.43. The van der Waals surface area contributed by atoms with Gasteiger partial charge in [-0.3, -0.25) is 0 Å². The first-order valence-electron chi connectivity index (χ1n) is 4.96. The molecular formula is C12H15NO. The minimum Gasteiger partial charge on any atom is -0.481 e. The Labute approximate surface area is 84.6 Å². The first-order valence-corrected chi connectivity index (χ1v) is 4.96. The Hall–Kier alpha value is -1.31. The van der Waals surface area contributed by atoms with Crippen molar-refractivity contribution in [3.63, 3.8) is 0 Å². The van der Waals surface area contributed by atoms with Crippen molar-refractivity contribution < 1.29 is 4.74 Å². The number of methoxy groups -OCH3 is 1. The van der Waals surface area contributed by atoms with Gasteiger partial charge in [0.25, 0.3) is 0 Å². The Morgan fingerprint density at radius 3 is 2.79 bits per heavy atom. The van der Waals surface area contributed by atoms with Crippen LogP contribution < -0.4 is 4.74 Å². The lowest BCUT2D eigenvalue weighted by Gasteiger charge is -2.09. The summed E-state index contributed by atoms with van der Waals surface area (Å²) in [5.74, 6) is 1.24. The smallest absolute Gasteiger partial charge is 0.213 e. The van der Waals surface area contributed by atoms with E-state index in [-0.39, 0.29) is 0 Å². The molecule has 0 atom stereocenters. The van der Waals surface area contributed by atoms with E-state index in [0.29, 0.717) is 11.8 Å². The van der Waals surface area contributed by atoms with E-state index in [1.165, 1.54) is 11.1 Å². The second kappa shape index (κ2) is 3.45. The SMILES string of the molecule is COc1ccc2c(n1)C(C(C)C)=CC2. The summed E-state index contributed by atoms with van der Waals surface area (Å²) >= 11 is 0. The van der Waals surface area contributed by atoms with Gasteiger partial charge in [0.2, 0.25) is 5.88 Å². The highest BCUT2D eigenvalue weighted by Crippen LogP contribution is 2.32. The van der Waals surface area contributed by atoms with Gasteiger partial charge < -0.3 is 4.74 Å². The van der Waals surface area contributed by atoms with Gasteiger partial charge in [-0.2, -0.15) is 0 Å². The molecule has 0 saturated heterocycles. The van der Waals surface area contributed by atoms with Gasteiger partial charge in [-0.25, -0.2) is 4.98 Å². The third-order valence-electron chi connectivity index (χ3n) is 2.60. The van der Waals surface area contributed by atoms with Gasteiger partial charge in [0.15, 0.2) is 0 Å². The Morgan fingerprint density at radius 1 is 1.36 bits per heavy atom. The highest BCUT2D eigenvalue weighted by atomic mass is 16.5. The molecule has 0 N–H and O–H groups in total. The molecule has 1 aromatic rings. The van der Waals surface area contributed by atoms with Gasteiger partial charge in [0.1, 0.15) is 0 Å². The zero-order valence-corrected chi connectivity index (χ0v) is 8.87. The molecule has 0 aromatic carbocycles. The van der Waals surface area contributed by atoms with E-state index < -0.39 is 0 Å². The number of aromatic nitrogens is 1. The summed E-state index contributed by atoms with van der Waals surface area (Å²) in [6.45, 7) is 4.39. The van der Waals surface area contributed by atoms with Gasteiger partial charge in [0.05, 0.1) is 12.8 Å². The van der Waals surface area contributed by atoms with Crippen molar-refractivity contribution >= 4 is 5.57 Å². The fourth-order valence-electron chi connectivity index (χ4n) is 1.82. The average molecular weight is 189 g/mol. The monoisotopic (exact) mass is 189 g/mol. The van der Waals surface area contributed by atoms with E-state index in [4.69, 9.17) is 4.74 Å². The lowest BCUT2D eigenvalue weighted by Crippen LogP contribution is -1.97. The summed E-state index contributed by atoms with van der Waals surface area (Å²) in [6.07, 6.45) is 3.28. The van der Waals surface area contributed by atoms with Crippen LogP contribution in [0.25, 0.3) is 5.57 Å². The number of rotatable bonds is 2. The number of pyridine rings is 1. The van der Waals surface area contributed by atoms with Crippen molar-refractivity contribution in [1.29, 1.82) is 0 Å². The topological polar surface area (TPSA) is 22.1 Å². The maximum Gasteiger partial charge on any atom is 0.213 e. The predicted molar refractivity (Wildman–Crippen MR) is 57.3 cm³/mol. The van der Waals surface area contributed by atoms with Crippen LogP contribution >= 0.6 is 0 Å². The molecule has 0 amide bonds. The molecule has 14 heavy (non-hydrogen) atoms. The number of allylic oxidation sites excluding steroid dienone is 2. The molecule has 2 heteroatoms. The van der Waals surface area contributed by atoms with Crippen LogP contribution in [-0.2, 0) is 6.42 Å². The van der Waals surface area contributed by atoms with Crippen molar-refractivity contribution in [2.45, 2.75) is 20.3 Å². The van der Waals surface area contributed by atoms with E-state index in [1.807, 2.05) is 6.07 Å². The number of fused-ring (bicyclic) bond motifs is 1. The van der Waals surface area contributed by atoms with Gasteiger partial charge in [-0.05, 0) is 23.5 Å². The van der Waals surface area contributed by atoms with Crippen LogP contribution in [0, 0.1) is 5.92 Å². The van der Waals surface area contributed by atoms with Gasteiger partial charge in [-0.1, -0.05) is 26.0 Å². The lowest BCUT2D eigenvalue weighted by atomic mass is 10.0. The first-order chi connectivity index (χ1) is 6.72. The molecule has 1 heterocycles. The predicted octanol–water partition coefficient (Wildman–Crippen LogP) is 2.69. The van der Waals surface area contributed by atoms with E-state index in [0.717, 1.165) is 12.1 Å². The van der Waals surface area contributed by atoms with Crippen molar-refractivity contribution in [2.24, 2.45) is 5.92 Å². The third kappa shape index (κ3) is 1.41. The summed E-state index contributed by atoms with van der Waals surface area (Å²) in [6, 6.07) is 4.03. The summed E-state index contributed by atoms with van der Waals surface area (Å²) in [7, 11) is 1.66.